The fourth-order valence-electron chi connectivity index (χ4n) is 2.69. The molecule has 3 aromatic rings. The minimum Gasteiger partial charge on any atom is -0.496 e. The number of benzene rings is 3. The summed E-state index contributed by atoms with van der Waals surface area (Å²) in [5.74, 6) is 1.42. The molecule has 3 rings (SSSR count). The second-order valence-corrected chi connectivity index (χ2v) is 7.91. The molecule has 3 aromatic carbocycles. The second-order valence-electron chi connectivity index (χ2n) is 6.34. The van der Waals surface area contributed by atoms with E-state index in [2.05, 4.69) is 33.1 Å². The normalized spacial score (nSPS) is 10.7. The molecule has 0 aromatic heterocycles. The SMILES string of the molecule is COc1cc(C(=O)N/N=C\c2ccc(OCc3ccccc3Cl)c(OC)c2)ccc1I. The lowest BCUT2D eigenvalue weighted by molar-refractivity contribution is 0.0954. The average molecular weight is 551 g/mol. The zero-order chi connectivity index (χ0) is 22.2. The summed E-state index contributed by atoms with van der Waals surface area (Å²) in [4.78, 5) is 12.3. The van der Waals surface area contributed by atoms with E-state index in [0.717, 1.165) is 14.7 Å². The van der Waals surface area contributed by atoms with Crippen molar-refractivity contribution in [2.45, 2.75) is 6.61 Å². The molecule has 0 bridgehead atoms. The summed E-state index contributed by atoms with van der Waals surface area (Å²) >= 11 is 8.31. The van der Waals surface area contributed by atoms with E-state index in [1.807, 2.05) is 36.4 Å². The van der Waals surface area contributed by atoms with Gasteiger partial charge in [0.15, 0.2) is 11.5 Å². The summed E-state index contributed by atoms with van der Waals surface area (Å²) in [7, 11) is 3.12. The van der Waals surface area contributed by atoms with Gasteiger partial charge in [0, 0.05) is 16.1 Å². The highest BCUT2D eigenvalue weighted by Gasteiger charge is 2.09. The highest BCUT2D eigenvalue weighted by Crippen LogP contribution is 2.29. The van der Waals surface area contributed by atoms with Crippen molar-refractivity contribution in [2.24, 2.45) is 5.10 Å². The standard InChI is InChI=1S/C23H20ClIN2O4/c1-29-21-12-16(8-9-19(21)25)23(28)27-26-13-15-7-10-20(22(11-15)30-2)31-14-17-5-3-4-6-18(17)24/h3-13H,14H2,1-2H3,(H,27,28)/b26-13-. The lowest BCUT2D eigenvalue weighted by Gasteiger charge is -2.12. The van der Waals surface area contributed by atoms with Crippen molar-refractivity contribution in [2.75, 3.05) is 14.2 Å². The first-order chi connectivity index (χ1) is 15.0. The van der Waals surface area contributed by atoms with Crippen molar-refractivity contribution in [3.05, 3.63) is 85.9 Å². The molecule has 0 saturated heterocycles. The van der Waals surface area contributed by atoms with Gasteiger partial charge in [0.1, 0.15) is 12.4 Å². The molecule has 0 aliphatic heterocycles. The lowest BCUT2D eigenvalue weighted by atomic mass is 10.2. The molecule has 0 radical (unpaired) electrons. The van der Waals surface area contributed by atoms with Crippen molar-refractivity contribution in [3.8, 4) is 17.2 Å². The Morgan fingerprint density at radius 3 is 2.55 bits per heavy atom. The highest BCUT2D eigenvalue weighted by atomic mass is 127. The van der Waals surface area contributed by atoms with Gasteiger partial charge in [-0.15, -0.1) is 0 Å². The molecular formula is C23H20ClIN2O4. The van der Waals surface area contributed by atoms with E-state index in [1.54, 1.807) is 38.5 Å². The summed E-state index contributed by atoms with van der Waals surface area (Å²) < 4.78 is 17.4. The summed E-state index contributed by atoms with van der Waals surface area (Å²) in [6, 6.07) is 18.0. The van der Waals surface area contributed by atoms with Gasteiger partial charge < -0.3 is 14.2 Å². The fourth-order valence-corrected chi connectivity index (χ4v) is 3.43. The van der Waals surface area contributed by atoms with Gasteiger partial charge in [0.2, 0.25) is 0 Å². The number of hydrogen-bond donors (Lipinski definition) is 1. The molecule has 0 aliphatic carbocycles. The molecule has 0 saturated carbocycles. The van der Waals surface area contributed by atoms with Crippen LogP contribution in [0.3, 0.4) is 0 Å². The number of nitrogens with zero attached hydrogens (tertiary/aromatic N) is 1. The molecular weight excluding hydrogens is 531 g/mol. The molecule has 0 spiro atoms. The quantitative estimate of drug-likeness (QED) is 0.235. The van der Waals surface area contributed by atoms with E-state index >= 15 is 0 Å². The number of methoxy groups -OCH3 is 2. The first kappa shape index (κ1) is 22.9. The predicted octanol–water partition coefficient (Wildman–Crippen LogP) is 5.30. The molecule has 0 heterocycles. The van der Waals surface area contributed by atoms with Crippen LogP contribution in [0.5, 0.6) is 17.2 Å². The number of carbonyl (C=O) groups is 1. The van der Waals surface area contributed by atoms with Gasteiger partial charge in [-0.2, -0.15) is 5.10 Å². The van der Waals surface area contributed by atoms with Gasteiger partial charge in [-0.1, -0.05) is 29.8 Å². The van der Waals surface area contributed by atoms with E-state index in [4.69, 9.17) is 25.8 Å². The van der Waals surface area contributed by atoms with E-state index in [1.165, 1.54) is 6.21 Å². The Bertz CT molecular complexity index is 1100. The Kier molecular flexibility index (Phi) is 8.13. The van der Waals surface area contributed by atoms with Crippen LogP contribution >= 0.6 is 34.2 Å². The van der Waals surface area contributed by atoms with Crippen molar-refractivity contribution < 1.29 is 19.0 Å². The van der Waals surface area contributed by atoms with Gasteiger partial charge in [-0.25, -0.2) is 5.43 Å². The zero-order valence-electron chi connectivity index (χ0n) is 16.9. The van der Waals surface area contributed by atoms with Crippen molar-refractivity contribution >= 4 is 46.3 Å². The zero-order valence-corrected chi connectivity index (χ0v) is 19.8. The largest absolute Gasteiger partial charge is 0.496 e. The number of hydrogen-bond acceptors (Lipinski definition) is 5. The molecule has 6 nitrogen and oxygen atoms in total. The minimum absolute atomic E-state index is 0.318. The van der Waals surface area contributed by atoms with Gasteiger partial charge in [0.25, 0.3) is 5.91 Å². The van der Waals surface area contributed by atoms with Crippen molar-refractivity contribution in [3.63, 3.8) is 0 Å². The molecule has 0 atom stereocenters. The van der Waals surface area contributed by atoms with E-state index < -0.39 is 0 Å². The van der Waals surface area contributed by atoms with Gasteiger partial charge in [-0.3, -0.25) is 4.79 Å². The van der Waals surface area contributed by atoms with E-state index in [9.17, 15) is 4.79 Å². The van der Waals surface area contributed by atoms with Crippen LogP contribution in [0, 0.1) is 3.57 Å². The van der Waals surface area contributed by atoms with Crippen LogP contribution in [-0.2, 0) is 6.61 Å². The lowest BCUT2D eigenvalue weighted by Crippen LogP contribution is -2.17. The Balaban J connectivity index is 1.64. The summed E-state index contributed by atoms with van der Waals surface area (Å²) in [6.07, 6.45) is 1.53. The maximum Gasteiger partial charge on any atom is 0.271 e. The third kappa shape index (κ3) is 6.11. The molecule has 0 aliphatic rings. The van der Waals surface area contributed by atoms with Crippen LogP contribution < -0.4 is 19.6 Å². The van der Waals surface area contributed by atoms with Crippen LogP contribution in [0.25, 0.3) is 0 Å². The van der Waals surface area contributed by atoms with Gasteiger partial charge in [0.05, 0.1) is 24.0 Å². The van der Waals surface area contributed by atoms with Crippen LogP contribution in [0.2, 0.25) is 5.02 Å². The summed E-state index contributed by atoms with van der Waals surface area (Å²) in [5, 5.41) is 4.67. The fraction of sp³-hybridized carbons (Fsp3) is 0.130. The third-order valence-electron chi connectivity index (χ3n) is 4.32. The smallest absolute Gasteiger partial charge is 0.271 e. The summed E-state index contributed by atoms with van der Waals surface area (Å²) in [5.41, 5.74) is 4.58. The molecule has 1 amide bonds. The van der Waals surface area contributed by atoms with Gasteiger partial charge >= 0.3 is 0 Å². The summed E-state index contributed by atoms with van der Waals surface area (Å²) in [6.45, 7) is 0.318. The van der Waals surface area contributed by atoms with Crippen molar-refractivity contribution in [1.82, 2.24) is 5.43 Å². The molecule has 160 valence electrons. The topological polar surface area (TPSA) is 69.2 Å². The Hall–Kier alpha value is -2.78. The molecule has 31 heavy (non-hydrogen) atoms. The number of halogens is 2. The van der Waals surface area contributed by atoms with Crippen molar-refractivity contribution in [1.29, 1.82) is 0 Å². The molecule has 1 N–H and O–H groups in total. The van der Waals surface area contributed by atoms with Crippen LogP contribution in [0.1, 0.15) is 21.5 Å². The maximum atomic E-state index is 12.3. The number of ether oxygens (including phenoxy) is 3. The molecule has 8 heteroatoms. The highest BCUT2D eigenvalue weighted by molar-refractivity contribution is 14.1. The Labute approximate surface area is 199 Å². The number of nitrogens with one attached hydrogen (secondary N) is 1. The van der Waals surface area contributed by atoms with E-state index in [-0.39, 0.29) is 5.91 Å². The Morgan fingerprint density at radius 2 is 1.81 bits per heavy atom. The minimum atomic E-state index is -0.336. The Morgan fingerprint density at radius 1 is 1.03 bits per heavy atom. The first-order valence-corrected chi connectivity index (χ1v) is 10.7. The number of amides is 1. The first-order valence-electron chi connectivity index (χ1n) is 9.23. The van der Waals surface area contributed by atoms with Crippen LogP contribution in [-0.4, -0.2) is 26.3 Å². The predicted molar refractivity (Wildman–Crippen MR) is 130 cm³/mol. The van der Waals surface area contributed by atoms with Crippen LogP contribution in [0.4, 0.5) is 0 Å². The third-order valence-corrected chi connectivity index (χ3v) is 5.58. The van der Waals surface area contributed by atoms with Crippen LogP contribution in [0.15, 0.2) is 65.8 Å². The molecule has 0 fully saturated rings. The number of carbonyl (C=O) groups excluding carboxylic acids is 1. The second kappa shape index (κ2) is 11.0. The average Bonchev–Trinajstić information content (AvgIpc) is 2.79. The maximum absolute atomic E-state index is 12.3. The molecule has 0 unspecified atom stereocenters. The number of hydrazone groups is 1. The van der Waals surface area contributed by atoms with E-state index in [0.29, 0.717) is 34.4 Å². The monoisotopic (exact) mass is 550 g/mol. The van der Waals surface area contributed by atoms with Gasteiger partial charge in [-0.05, 0) is 70.6 Å². The number of rotatable bonds is 8.